The van der Waals surface area contributed by atoms with Crippen LogP contribution in [0.4, 0.5) is 0 Å². The van der Waals surface area contributed by atoms with E-state index in [9.17, 15) is 4.79 Å². The van der Waals surface area contributed by atoms with Gasteiger partial charge < -0.3 is 18.9 Å². The van der Waals surface area contributed by atoms with E-state index >= 15 is 0 Å². The first kappa shape index (κ1) is 22.8. The molecule has 0 spiro atoms. The summed E-state index contributed by atoms with van der Waals surface area (Å²) in [6.07, 6.45) is 8.30. The van der Waals surface area contributed by atoms with Crippen LogP contribution in [0.25, 0.3) is 10.9 Å². The number of furan rings is 1. The van der Waals surface area contributed by atoms with Crippen molar-refractivity contribution < 1.29 is 13.9 Å². The Hall–Kier alpha value is -3.66. The number of aromatic amines is 1. The number of pyridine rings is 1. The van der Waals surface area contributed by atoms with Gasteiger partial charge in [0.2, 0.25) is 6.79 Å². The van der Waals surface area contributed by atoms with Crippen molar-refractivity contribution >= 4 is 10.9 Å². The second-order valence-corrected chi connectivity index (χ2v) is 9.58. The summed E-state index contributed by atoms with van der Waals surface area (Å²) in [5.74, 6) is 2.95. The molecule has 0 saturated heterocycles. The molecule has 10 heteroatoms. The number of nitrogens with one attached hydrogen (secondary N) is 1. The van der Waals surface area contributed by atoms with E-state index in [1.807, 2.05) is 35.0 Å². The molecule has 4 heterocycles. The van der Waals surface area contributed by atoms with E-state index in [0.717, 1.165) is 47.3 Å². The van der Waals surface area contributed by atoms with E-state index in [1.54, 1.807) is 6.26 Å². The molecule has 1 aliphatic heterocycles. The van der Waals surface area contributed by atoms with Crippen LogP contribution in [-0.2, 0) is 13.1 Å². The Morgan fingerprint density at radius 3 is 2.78 bits per heavy atom. The van der Waals surface area contributed by atoms with Crippen molar-refractivity contribution in [1.82, 2.24) is 30.1 Å². The molecule has 0 unspecified atom stereocenters. The third-order valence-corrected chi connectivity index (χ3v) is 7.34. The Morgan fingerprint density at radius 2 is 2.00 bits per heavy atom. The second-order valence-electron chi connectivity index (χ2n) is 9.58. The van der Waals surface area contributed by atoms with Crippen LogP contribution in [0.15, 0.2) is 45.8 Å². The van der Waals surface area contributed by atoms with Gasteiger partial charge in [-0.3, -0.25) is 9.69 Å². The number of nitrogens with zero attached hydrogens (tertiary/aromatic N) is 5. The summed E-state index contributed by atoms with van der Waals surface area (Å²) >= 11 is 0. The smallest absolute Gasteiger partial charge is 0.252 e. The van der Waals surface area contributed by atoms with Crippen LogP contribution < -0.4 is 15.0 Å². The highest BCUT2D eigenvalue weighted by Crippen LogP contribution is 2.36. The molecule has 1 aromatic carbocycles. The van der Waals surface area contributed by atoms with Crippen molar-refractivity contribution in [1.29, 1.82) is 0 Å². The average Bonchev–Trinajstić information content (AvgIpc) is 3.67. The monoisotopic (exact) mass is 490 g/mol. The van der Waals surface area contributed by atoms with Crippen LogP contribution >= 0.6 is 0 Å². The molecule has 4 aromatic rings. The van der Waals surface area contributed by atoms with Crippen LogP contribution in [0.5, 0.6) is 11.5 Å². The number of aromatic nitrogens is 5. The molecule has 10 nitrogen and oxygen atoms in total. The SMILES string of the molecule is CC[C@H](c1nnnn1Cc1ccco1)N(Cc1cc2cc3c(cc2[nH]c1=O)OCO3)C1CCCCC1. The lowest BCUT2D eigenvalue weighted by Crippen LogP contribution is -2.41. The lowest BCUT2D eigenvalue weighted by molar-refractivity contribution is 0.0842. The summed E-state index contributed by atoms with van der Waals surface area (Å²) in [6.45, 7) is 3.32. The standard InChI is InChI=1S/C26H30N6O4/c1-2-22(25-28-29-30-32(25)15-20-9-6-10-34-20)31(19-7-4-3-5-8-19)14-18-11-17-12-23-24(36-16-35-23)13-21(17)27-26(18)33/h6,9-13,19,22H,2-5,7-8,14-16H2,1H3,(H,27,33)/t22-/m1/s1. The van der Waals surface area contributed by atoms with Crippen LogP contribution in [0.2, 0.25) is 0 Å². The zero-order chi connectivity index (χ0) is 24.5. The molecule has 1 saturated carbocycles. The molecule has 1 fully saturated rings. The number of tetrazole rings is 1. The number of fused-ring (bicyclic) bond motifs is 2. The van der Waals surface area contributed by atoms with Gasteiger partial charge >= 0.3 is 0 Å². The Morgan fingerprint density at radius 1 is 1.17 bits per heavy atom. The normalized spacial score (nSPS) is 16.7. The third kappa shape index (κ3) is 4.37. The van der Waals surface area contributed by atoms with E-state index in [1.165, 1.54) is 19.3 Å². The van der Waals surface area contributed by atoms with Gasteiger partial charge in [-0.1, -0.05) is 26.2 Å². The van der Waals surface area contributed by atoms with Crippen LogP contribution in [0.3, 0.4) is 0 Å². The number of benzene rings is 1. The zero-order valence-corrected chi connectivity index (χ0v) is 20.4. The van der Waals surface area contributed by atoms with Crippen molar-refractivity contribution in [2.75, 3.05) is 6.79 Å². The molecule has 0 bridgehead atoms. The predicted molar refractivity (Wildman–Crippen MR) is 132 cm³/mol. The van der Waals surface area contributed by atoms with Crippen molar-refractivity contribution in [2.45, 2.75) is 70.6 Å². The summed E-state index contributed by atoms with van der Waals surface area (Å²) < 4.78 is 18.4. The zero-order valence-electron chi connectivity index (χ0n) is 20.4. The number of hydrogen-bond donors (Lipinski definition) is 1. The minimum absolute atomic E-state index is 0.0371. The molecule has 0 amide bonds. The minimum atomic E-state index is -0.0906. The first-order chi connectivity index (χ1) is 17.7. The Kier molecular flexibility index (Phi) is 6.18. The van der Waals surface area contributed by atoms with Gasteiger partial charge in [0, 0.05) is 29.6 Å². The van der Waals surface area contributed by atoms with Crippen LogP contribution in [0.1, 0.15) is 68.6 Å². The summed E-state index contributed by atoms with van der Waals surface area (Å²) in [7, 11) is 0. The highest BCUT2D eigenvalue weighted by molar-refractivity contribution is 5.83. The Bertz CT molecular complexity index is 1390. The van der Waals surface area contributed by atoms with E-state index in [-0.39, 0.29) is 18.4 Å². The summed E-state index contributed by atoms with van der Waals surface area (Å²) in [4.78, 5) is 18.7. The molecule has 1 N–H and O–H groups in total. The van der Waals surface area contributed by atoms with E-state index in [4.69, 9.17) is 13.9 Å². The lowest BCUT2D eigenvalue weighted by Gasteiger charge is -2.39. The van der Waals surface area contributed by atoms with Gasteiger partial charge in [0.15, 0.2) is 17.3 Å². The molecule has 1 aliphatic carbocycles. The number of H-pyrrole nitrogens is 1. The van der Waals surface area contributed by atoms with Gasteiger partial charge in [0.25, 0.3) is 5.56 Å². The average molecular weight is 491 g/mol. The highest BCUT2D eigenvalue weighted by Gasteiger charge is 2.32. The van der Waals surface area contributed by atoms with Crippen molar-refractivity contribution in [2.24, 2.45) is 0 Å². The molecular weight excluding hydrogens is 460 g/mol. The second kappa shape index (κ2) is 9.77. The van der Waals surface area contributed by atoms with Gasteiger partial charge in [0.05, 0.1) is 17.8 Å². The van der Waals surface area contributed by atoms with E-state index in [0.29, 0.717) is 30.6 Å². The van der Waals surface area contributed by atoms with Gasteiger partial charge in [-0.05, 0) is 54.0 Å². The fourth-order valence-electron chi connectivity index (χ4n) is 5.54. The maximum absolute atomic E-state index is 13.2. The first-order valence-corrected chi connectivity index (χ1v) is 12.7. The lowest BCUT2D eigenvalue weighted by atomic mass is 9.92. The number of hydrogen-bond acceptors (Lipinski definition) is 8. The Balaban J connectivity index is 1.36. The van der Waals surface area contributed by atoms with Gasteiger partial charge in [-0.2, -0.15) is 0 Å². The third-order valence-electron chi connectivity index (χ3n) is 7.34. The molecule has 3 aromatic heterocycles. The molecule has 2 aliphatic rings. The van der Waals surface area contributed by atoms with Crippen LogP contribution in [-0.4, -0.2) is 42.9 Å². The minimum Gasteiger partial charge on any atom is -0.467 e. The largest absolute Gasteiger partial charge is 0.467 e. The van der Waals surface area contributed by atoms with E-state index in [2.05, 4.69) is 32.3 Å². The Labute approximate surface area is 208 Å². The number of ether oxygens (including phenoxy) is 2. The molecular formula is C26H30N6O4. The van der Waals surface area contributed by atoms with Crippen molar-refractivity contribution in [3.8, 4) is 11.5 Å². The molecule has 1 atom stereocenters. The molecule has 0 radical (unpaired) electrons. The van der Waals surface area contributed by atoms with Gasteiger partial charge in [0.1, 0.15) is 12.3 Å². The van der Waals surface area contributed by atoms with Gasteiger partial charge in [-0.25, -0.2) is 4.68 Å². The quantitative estimate of drug-likeness (QED) is 0.392. The van der Waals surface area contributed by atoms with Crippen molar-refractivity contribution in [3.05, 3.63) is 64.1 Å². The van der Waals surface area contributed by atoms with E-state index < -0.39 is 0 Å². The molecule has 6 rings (SSSR count). The topological polar surface area (TPSA) is 111 Å². The van der Waals surface area contributed by atoms with Gasteiger partial charge in [-0.15, -0.1) is 5.10 Å². The number of rotatable bonds is 8. The first-order valence-electron chi connectivity index (χ1n) is 12.7. The predicted octanol–water partition coefficient (Wildman–Crippen LogP) is 4.17. The van der Waals surface area contributed by atoms with Crippen molar-refractivity contribution in [3.63, 3.8) is 0 Å². The fraction of sp³-hybridized carbons (Fsp3) is 0.462. The molecule has 36 heavy (non-hydrogen) atoms. The maximum Gasteiger partial charge on any atom is 0.252 e. The summed E-state index contributed by atoms with van der Waals surface area (Å²) in [6, 6.07) is 9.84. The highest BCUT2D eigenvalue weighted by atomic mass is 16.7. The summed E-state index contributed by atoms with van der Waals surface area (Å²) in [5.41, 5.74) is 1.37. The fourth-order valence-corrected chi connectivity index (χ4v) is 5.54. The maximum atomic E-state index is 13.2. The molecule has 188 valence electrons. The van der Waals surface area contributed by atoms with Crippen LogP contribution in [0, 0.1) is 0 Å². The summed E-state index contributed by atoms with van der Waals surface area (Å²) in [5, 5.41) is 13.6.